The molecule has 804 valence electrons. The molecule has 0 bridgehead atoms. The molecule has 1 rings (SSSR count). The van der Waals surface area contributed by atoms with Gasteiger partial charge in [-0.3, -0.25) is 71.9 Å². The van der Waals surface area contributed by atoms with Crippen LogP contribution < -0.4 is 79.8 Å². The molecule has 5 atom stereocenters. The summed E-state index contributed by atoms with van der Waals surface area (Å²) in [6, 6.07) is -2.38. The fraction of sp³-hybridized carbons (Fsp3) is 0.831. The average Bonchev–Trinajstić information content (AvgIpc) is 0.865. The minimum absolute atomic E-state index is 0.0140. The summed E-state index contributed by atoms with van der Waals surface area (Å²) in [6.45, 7) is 20.3. The molecule has 0 aromatic heterocycles. The smallest absolute Gasteiger partial charge is 0.243 e. The minimum Gasteiger partial charge on any atom is -0.378 e. The van der Waals surface area contributed by atoms with E-state index in [1.807, 2.05) is 41.5 Å². The maximum atomic E-state index is 13.2. The number of carbonyl (C=O) groups excluding carboxylic acids is 15. The van der Waals surface area contributed by atoms with Crippen LogP contribution in [-0.2, 0) is 148 Å². The molecule has 0 aromatic rings. The second kappa shape index (κ2) is 80.5. The maximum absolute atomic E-state index is 13.2. The van der Waals surface area contributed by atoms with Crippen LogP contribution >= 0.6 is 50.5 Å². The summed E-state index contributed by atoms with van der Waals surface area (Å²) >= 11 is 17.0. The van der Waals surface area contributed by atoms with E-state index in [2.05, 4.69) is 130 Å². The molecule has 0 radical (unpaired) electrons. The lowest BCUT2D eigenvalue weighted by Crippen LogP contribution is -2.53. The van der Waals surface area contributed by atoms with Crippen LogP contribution in [0.15, 0.2) is 0 Å². The number of amides is 13. The molecule has 1 aliphatic rings. The largest absolute Gasteiger partial charge is 0.378 e. The molecular formula is C89H163N15O31S4. The van der Waals surface area contributed by atoms with Gasteiger partial charge in [0.2, 0.25) is 76.8 Å². The van der Waals surface area contributed by atoms with Crippen molar-refractivity contribution in [2.75, 3.05) is 313 Å². The molecule has 1 saturated heterocycles. The van der Waals surface area contributed by atoms with E-state index in [0.29, 0.717) is 6.54 Å². The Morgan fingerprint density at radius 2 is 0.705 bits per heavy atom. The van der Waals surface area contributed by atoms with Gasteiger partial charge in [0, 0.05) is 144 Å². The van der Waals surface area contributed by atoms with E-state index in [1.54, 1.807) is 20.8 Å². The van der Waals surface area contributed by atoms with Crippen LogP contribution in [0.5, 0.6) is 0 Å². The van der Waals surface area contributed by atoms with Crippen LogP contribution in [0.2, 0.25) is 0 Å². The Morgan fingerprint density at radius 3 is 1.05 bits per heavy atom. The van der Waals surface area contributed by atoms with Gasteiger partial charge in [-0.05, 0) is 41.5 Å². The first kappa shape index (κ1) is 130. The standard InChI is InChI=1S/C89H163N15O31S4/c1-66(105)90-17-25-120-33-41-128-58-88(60-130-43-35-122-27-19-92-74(109)14-12-72(107)85(2,3)4)59-129-42-34-121-26-18-91-73(108)13-11-68(106)49-67(54-136)81(116)98-50-77(112)94-21-29-124-37-45-132-62-89(64-134-47-39-126-31-23-96-79(114)52-100-83(118)70(56-138)103-86(5,6)7,65-135-48-40-127-32-24-97-80(115)53-101-84(119)71(57-139)104-87(8,9)10)63-133-46-38-125-30-22-95-78(113)51-99-82(117)69(55-137)102-76(111)16-15-75(110)93-20-28-123-36-44-131-61-88/h67,69-71,103-104,136-139H,11-65H2,1-10H3,(H,90,105)(H,91,108)(H,92,109)(H,93,110)(H,94,112)(H,95,113)(H,96,114)(H,97,115)(H,98,116)(H,99,117)(H,100,118)(H,101,119)(H,102,111). The van der Waals surface area contributed by atoms with Crippen molar-refractivity contribution >= 4 is 139 Å². The number of rotatable bonds is 47. The highest BCUT2D eigenvalue weighted by Gasteiger charge is 2.36. The molecule has 1 heterocycles. The van der Waals surface area contributed by atoms with E-state index in [4.69, 9.17) is 75.8 Å². The van der Waals surface area contributed by atoms with Gasteiger partial charge in [0.25, 0.3) is 0 Å². The predicted molar refractivity (Wildman–Crippen MR) is 526 cm³/mol. The van der Waals surface area contributed by atoms with Crippen molar-refractivity contribution in [1.29, 1.82) is 0 Å². The number of nitrogens with one attached hydrogen (secondary N) is 15. The lowest BCUT2D eigenvalue weighted by atomic mass is 9.88. The number of hydrogen-bond donors (Lipinski definition) is 19. The summed E-state index contributed by atoms with van der Waals surface area (Å²) in [7, 11) is 0. The first-order valence-corrected chi connectivity index (χ1v) is 49.6. The monoisotopic (exact) mass is 2070 g/mol. The van der Waals surface area contributed by atoms with Crippen molar-refractivity contribution in [2.45, 2.75) is 143 Å². The molecule has 1 fully saturated rings. The van der Waals surface area contributed by atoms with Gasteiger partial charge in [-0.15, -0.1) is 0 Å². The molecule has 0 aliphatic carbocycles. The third-order valence-corrected chi connectivity index (χ3v) is 20.8. The highest BCUT2D eigenvalue weighted by molar-refractivity contribution is 7.80. The SMILES string of the molecule is CC(=O)NCCOCCOCC1(COCCOCCNC(=O)CCC(=O)C(C)(C)C)COCCOCCNC(=O)CCC(=O)CC(CS)C(=O)NCC(=O)NCCOCCOCC(COCCOCCNC(=O)CNC(=O)C(CS)NC(C)(C)C)(COCCOCCNC(=O)CNC(=O)C(CS)NC(C)(C)C)COCCOCCNC(=O)CNC(=O)C(CS)NC(=O)CCC(=O)NCCOCCOC1. The van der Waals surface area contributed by atoms with Crippen molar-refractivity contribution in [2.24, 2.45) is 22.2 Å². The number of thiol groups is 4. The van der Waals surface area contributed by atoms with Crippen LogP contribution in [-0.4, -0.2) is 431 Å². The summed E-state index contributed by atoms with van der Waals surface area (Å²) in [5, 5.41) is 40.7. The fourth-order valence-electron chi connectivity index (χ4n) is 12.0. The number of ketones is 2. The molecule has 139 heavy (non-hydrogen) atoms. The van der Waals surface area contributed by atoms with Crippen molar-refractivity contribution in [1.82, 2.24) is 79.8 Å². The minimum atomic E-state index is -1.15. The van der Waals surface area contributed by atoms with Crippen molar-refractivity contribution < 1.29 is 148 Å². The van der Waals surface area contributed by atoms with E-state index in [9.17, 15) is 71.9 Å². The van der Waals surface area contributed by atoms with Crippen molar-refractivity contribution in [3.05, 3.63) is 0 Å². The third kappa shape index (κ3) is 73.8. The van der Waals surface area contributed by atoms with Gasteiger partial charge in [0.15, 0.2) is 0 Å². The molecule has 46 nitrogen and oxygen atoms in total. The van der Waals surface area contributed by atoms with Gasteiger partial charge in [-0.25, -0.2) is 0 Å². The Bertz CT molecular complexity index is 3320. The normalized spacial score (nSPS) is 20.1. The van der Waals surface area contributed by atoms with Gasteiger partial charge in [0.1, 0.15) is 17.6 Å². The van der Waals surface area contributed by atoms with Crippen LogP contribution in [0.4, 0.5) is 0 Å². The Hall–Kier alpha value is -6.87. The second-order valence-corrected chi connectivity index (χ2v) is 36.9. The molecule has 0 saturated carbocycles. The molecular weight excluding hydrogens is 1900 g/mol. The van der Waals surface area contributed by atoms with E-state index in [1.165, 1.54) is 6.92 Å². The summed E-state index contributed by atoms with van der Waals surface area (Å²) in [6.07, 6.45) is -0.911. The first-order valence-electron chi connectivity index (χ1n) is 47.1. The van der Waals surface area contributed by atoms with Gasteiger partial charge >= 0.3 is 0 Å². The third-order valence-electron chi connectivity index (χ3n) is 19.3. The summed E-state index contributed by atoms with van der Waals surface area (Å²) in [4.78, 5) is 191. The van der Waals surface area contributed by atoms with Gasteiger partial charge < -0.3 is 156 Å². The van der Waals surface area contributed by atoms with E-state index in [0.717, 1.165) is 0 Å². The molecule has 15 N–H and O–H groups in total. The molecule has 5 unspecified atom stereocenters. The summed E-state index contributed by atoms with van der Waals surface area (Å²) in [5.74, 6) is -7.03. The highest BCUT2D eigenvalue weighted by Crippen LogP contribution is 2.24. The predicted octanol–water partition coefficient (Wildman–Crippen LogP) is -4.10. The zero-order valence-electron chi connectivity index (χ0n) is 83.1. The summed E-state index contributed by atoms with van der Waals surface area (Å²) < 4.78 is 95.3. The maximum Gasteiger partial charge on any atom is 0.243 e. The Kier molecular flexibility index (Phi) is 75.3. The first-order chi connectivity index (χ1) is 66.3. The number of carbonyl (C=O) groups is 15. The zero-order valence-corrected chi connectivity index (χ0v) is 86.7. The van der Waals surface area contributed by atoms with Crippen LogP contribution in [0, 0.1) is 22.2 Å². The lowest BCUT2D eigenvalue weighted by molar-refractivity contribution is -0.131. The topological polar surface area (TPSA) is 584 Å². The lowest BCUT2D eigenvalue weighted by Gasteiger charge is -2.33. The van der Waals surface area contributed by atoms with Crippen molar-refractivity contribution in [3.8, 4) is 0 Å². The molecule has 50 heteroatoms. The van der Waals surface area contributed by atoms with Crippen molar-refractivity contribution in [3.63, 3.8) is 0 Å². The Morgan fingerprint density at radius 1 is 0.374 bits per heavy atom. The van der Waals surface area contributed by atoms with E-state index < -0.39 is 107 Å². The second-order valence-electron chi connectivity index (χ2n) is 35.5. The Balaban J connectivity index is 3.31. The van der Waals surface area contributed by atoms with Gasteiger partial charge in [-0.1, -0.05) is 20.8 Å². The molecule has 0 spiro atoms. The van der Waals surface area contributed by atoms with Crippen LogP contribution in [0.3, 0.4) is 0 Å². The summed E-state index contributed by atoms with van der Waals surface area (Å²) in [5.41, 5.74) is -3.27. The van der Waals surface area contributed by atoms with Gasteiger partial charge in [0.05, 0.1) is 266 Å². The number of hydrogen-bond acceptors (Lipinski definition) is 37. The number of ether oxygens (including phenoxy) is 16. The average molecular weight is 2070 g/mol. The van der Waals surface area contributed by atoms with Crippen LogP contribution in [0.1, 0.15) is 114 Å². The zero-order chi connectivity index (χ0) is 103. The van der Waals surface area contributed by atoms with Crippen LogP contribution in [0.25, 0.3) is 0 Å². The molecule has 1 aliphatic heterocycles. The molecule has 0 aromatic carbocycles. The quantitative estimate of drug-likeness (QED) is 0.0203. The Labute approximate surface area is 840 Å². The highest BCUT2D eigenvalue weighted by atomic mass is 32.1. The van der Waals surface area contributed by atoms with Gasteiger partial charge in [-0.2, -0.15) is 50.5 Å². The fourth-order valence-corrected chi connectivity index (χ4v) is 13.1. The number of Topliss-reactive ketones (excluding diaryl/α,β-unsaturated/α-hetero) is 2. The van der Waals surface area contributed by atoms with E-state index >= 15 is 0 Å². The molecule has 13 amide bonds. The van der Waals surface area contributed by atoms with E-state index in [-0.39, 0.29) is 385 Å².